The van der Waals surface area contributed by atoms with Crippen molar-refractivity contribution in [2.45, 2.75) is 6.92 Å². The van der Waals surface area contributed by atoms with Crippen LogP contribution < -0.4 is 15.8 Å². The molecular weight excluding hydrogens is 252 g/mol. The number of hydrogen-bond donors (Lipinski definition) is 2. The largest absolute Gasteiger partial charge is 0.482 e. The number of ether oxygens (including phenoxy) is 1. The fourth-order valence-corrected chi connectivity index (χ4v) is 1.87. The van der Waals surface area contributed by atoms with Gasteiger partial charge in [0.2, 0.25) is 5.13 Å². The summed E-state index contributed by atoms with van der Waals surface area (Å²) in [6, 6.07) is 7.00. The molecule has 7 heteroatoms. The first-order valence-corrected chi connectivity index (χ1v) is 6.04. The first-order valence-electron chi connectivity index (χ1n) is 5.22. The van der Waals surface area contributed by atoms with Gasteiger partial charge in [0, 0.05) is 0 Å². The van der Waals surface area contributed by atoms with Gasteiger partial charge in [-0.2, -0.15) is 0 Å². The van der Waals surface area contributed by atoms with Crippen molar-refractivity contribution < 1.29 is 9.53 Å². The van der Waals surface area contributed by atoms with Gasteiger partial charge in [0.05, 0.1) is 5.69 Å². The predicted molar refractivity (Wildman–Crippen MR) is 69.6 cm³/mol. The van der Waals surface area contributed by atoms with Crippen LogP contribution in [0.3, 0.4) is 0 Å². The molecule has 18 heavy (non-hydrogen) atoms. The SMILES string of the molecule is Cc1nnc(NC(=O)COc2ccccc2N)s1. The molecule has 0 aliphatic rings. The normalized spacial score (nSPS) is 10.1. The number of benzene rings is 1. The minimum absolute atomic E-state index is 0.118. The lowest BCUT2D eigenvalue weighted by atomic mass is 10.3. The van der Waals surface area contributed by atoms with Gasteiger partial charge in [0.25, 0.3) is 5.91 Å². The molecule has 2 rings (SSSR count). The van der Waals surface area contributed by atoms with Gasteiger partial charge in [-0.05, 0) is 19.1 Å². The van der Waals surface area contributed by atoms with Gasteiger partial charge >= 0.3 is 0 Å². The molecule has 1 aromatic carbocycles. The maximum absolute atomic E-state index is 11.6. The highest BCUT2D eigenvalue weighted by Crippen LogP contribution is 2.19. The number of anilines is 2. The maximum Gasteiger partial charge on any atom is 0.264 e. The fraction of sp³-hybridized carbons (Fsp3) is 0.182. The Kier molecular flexibility index (Phi) is 3.73. The Bertz CT molecular complexity index is 555. The average molecular weight is 264 g/mol. The van der Waals surface area contributed by atoms with Crippen molar-refractivity contribution in [1.82, 2.24) is 10.2 Å². The van der Waals surface area contributed by atoms with Crippen molar-refractivity contribution in [3.8, 4) is 5.75 Å². The number of para-hydroxylation sites is 2. The van der Waals surface area contributed by atoms with Crippen molar-refractivity contribution in [1.29, 1.82) is 0 Å². The Morgan fingerprint density at radius 1 is 1.44 bits per heavy atom. The topological polar surface area (TPSA) is 90.1 Å². The van der Waals surface area contributed by atoms with Crippen molar-refractivity contribution in [3.63, 3.8) is 0 Å². The van der Waals surface area contributed by atoms with E-state index in [9.17, 15) is 4.79 Å². The number of nitrogens with zero attached hydrogens (tertiary/aromatic N) is 2. The summed E-state index contributed by atoms with van der Waals surface area (Å²) in [5.41, 5.74) is 6.18. The van der Waals surface area contributed by atoms with Crippen molar-refractivity contribution in [2.75, 3.05) is 17.7 Å². The molecule has 0 aliphatic carbocycles. The number of rotatable bonds is 4. The monoisotopic (exact) mass is 264 g/mol. The molecule has 0 bridgehead atoms. The highest BCUT2D eigenvalue weighted by Gasteiger charge is 2.08. The molecule has 2 aromatic rings. The molecule has 1 heterocycles. The second-order valence-corrected chi connectivity index (χ2v) is 4.68. The fourth-order valence-electron chi connectivity index (χ4n) is 1.26. The third-order valence-electron chi connectivity index (χ3n) is 2.05. The molecule has 0 unspecified atom stereocenters. The summed E-state index contributed by atoms with van der Waals surface area (Å²) in [6.45, 7) is 1.70. The standard InChI is InChI=1S/C11H12N4O2S/c1-7-14-15-11(18-7)13-10(16)6-17-9-5-3-2-4-8(9)12/h2-5H,6,12H2,1H3,(H,13,15,16). The van der Waals surface area contributed by atoms with E-state index in [0.717, 1.165) is 5.01 Å². The van der Waals surface area contributed by atoms with Crippen LogP contribution in [-0.2, 0) is 4.79 Å². The number of carbonyl (C=O) groups excluding carboxylic acids is 1. The van der Waals surface area contributed by atoms with Gasteiger partial charge in [0.1, 0.15) is 10.8 Å². The highest BCUT2D eigenvalue weighted by atomic mass is 32.1. The number of amides is 1. The zero-order chi connectivity index (χ0) is 13.0. The summed E-state index contributed by atoms with van der Waals surface area (Å²) in [5, 5.41) is 11.4. The molecule has 3 N–H and O–H groups in total. The first kappa shape index (κ1) is 12.3. The van der Waals surface area contributed by atoms with E-state index in [4.69, 9.17) is 10.5 Å². The van der Waals surface area contributed by atoms with E-state index in [2.05, 4.69) is 15.5 Å². The van der Waals surface area contributed by atoms with Crippen molar-refractivity contribution in [3.05, 3.63) is 29.3 Å². The molecule has 1 aromatic heterocycles. The van der Waals surface area contributed by atoms with Crippen LogP contribution in [0.15, 0.2) is 24.3 Å². The predicted octanol–water partition coefficient (Wildman–Crippen LogP) is 1.45. The Balaban J connectivity index is 1.87. The zero-order valence-corrected chi connectivity index (χ0v) is 10.5. The zero-order valence-electron chi connectivity index (χ0n) is 9.71. The molecule has 94 valence electrons. The summed E-state index contributed by atoms with van der Waals surface area (Å²) in [5.74, 6) is 0.190. The molecule has 0 saturated carbocycles. The Labute approximate surface area is 108 Å². The van der Waals surface area contributed by atoms with Crippen molar-refractivity contribution in [2.24, 2.45) is 0 Å². The first-order chi connectivity index (χ1) is 8.65. The molecule has 0 radical (unpaired) electrons. The van der Waals surface area contributed by atoms with Gasteiger partial charge in [-0.15, -0.1) is 10.2 Å². The van der Waals surface area contributed by atoms with Gasteiger partial charge in [0.15, 0.2) is 6.61 Å². The summed E-state index contributed by atoms with van der Waals surface area (Å²) in [4.78, 5) is 11.6. The molecule has 1 amide bonds. The van der Waals surface area contributed by atoms with E-state index < -0.39 is 0 Å². The lowest BCUT2D eigenvalue weighted by Crippen LogP contribution is -2.20. The summed E-state index contributed by atoms with van der Waals surface area (Å²) in [7, 11) is 0. The molecule has 6 nitrogen and oxygen atoms in total. The summed E-state index contributed by atoms with van der Waals surface area (Å²) < 4.78 is 5.30. The van der Waals surface area contributed by atoms with E-state index in [-0.39, 0.29) is 12.5 Å². The lowest BCUT2D eigenvalue weighted by molar-refractivity contribution is -0.118. The van der Waals surface area contributed by atoms with Crippen LogP contribution in [0.1, 0.15) is 5.01 Å². The molecule has 0 aliphatic heterocycles. The molecule has 0 spiro atoms. The number of carbonyl (C=O) groups is 1. The van der Waals surface area contributed by atoms with Crippen LogP contribution >= 0.6 is 11.3 Å². The third kappa shape index (κ3) is 3.17. The molecule has 0 saturated heterocycles. The van der Waals surface area contributed by atoms with Gasteiger partial charge in [-0.25, -0.2) is 0 Å². The number of nitrogen functional groups attached to an aromatic ring is 1. The third-order valence-corrected chi connectivity index (χ3v) is 2.80. The molecule has 0 atom stereocenters. The average Bonchev–Trinajstić information content (AvgIpc) is 2.74. The number of aromatic nitrogens is 2. The quantitative estimate of drug-likeness (QED) is 0.816. The van der Waals surface area contributed by atoms with Crippen LogP contribution in [-0.4, -0.2) is 22.7 Å². The van der Waals surface area contributed by atoms with Gasteiger partial charge in [-0.3, -0.25) is 10.1 Å². The number of nitrogens with two attached hydrogens (primary N) is 1. The van der Waals surface area contributed by atoms with Crippen LogP contribution in [0.25, 0.3) is 0 Å². The second kappa shape index (κ2) is 5.46. The summed E-state index contributed by atoms with van der Waals surface area (Å²) >= 11 is 1.31. The van der Waals surface area contributed by atoms with E-state index in [1.165, 1.54) is 11.3 Å². The Morgan fingerprint density at radius 3 is 2.89 bits per heavy atom. The number of aryl methyl sites for hydroxylation is 1. The Morgan fingerprint density at radius 2 is 2.22 bits per heavy atom. The van der Waals surface area contributed by atoms with E-state index in [1.54, 1.807) is 24.3 Å². The smallest absolute Gasteiger partial charge is 0.264 e. The van der Waals surface area contributed by atoms with Gasteiger partial charge in [-0.1, -0.05) is 23.5 Å². The summed E-state index contributed by atoms with van der Waals surface area (Å²) in [6.07, 6.45) is 0. The number of hydrogen-bond acceptors (Lipinski definition) is 6. The second-order valence-electron chi connectivity index (χ2n) is 3.50. The van der Waals surface area contributed by atoms with E-state index >= 15 is 0 Å². The van der Waals surface area contributed by atoms with Gasteiger partial charge < -0.3 is 10.5 Å². The molecule has 0 fully saturated rings. The Hall–Kier alpha value is -2.15. The van der Waals surface area contributed by atoms with E-state index in [0.29, 0.717) is 16.6 Å². The highest BCUT2D eigenvalue weighted by molar-refractivity contribution is 7.15. The van der Waals surface area contributed by atoms with Crippen LogP contribution in [0.5, 0.6) is 5.75 Å². The van der Waals surface area contributed by atoms with E-state index in [1.807, 2.05) is 6.92 Å². The minimum Gasteiger partial charge on any atom is -0.482 e. The van der Waals surface area contributed by atoms with Crippen LogP contribution in [0.4, 0.5) is 10.8 Å². The van der Waals surface area contributed by atoms with Crippen LogP contribution in [0.2, 0.25) is 0 Å². The van der Waals surface area contributed by atoms with Crippen LogP contribution in [0, 0.1) is 6.92 Å². The van der Waals surface area contributed by atoms with Crippen molar-refractivity contribution >= 4 is 28.1 Å². The number of nitrogens with one attached hydrogen (secondary N) is 1. The minimum atomic E-state index is -0.297. The maximum atomic E-state index is 11.6. The molecular formula is C11H12N4O2S. The lowest BCUT2D eigenvalue weighted by Gasteiger charge is -2.07.